The van der Waals surface area contributed by atoms with Gasteiger partial charge < -0.3 is 9.30 Å². The first-order valence-electron chi connectivity index (χ1n) is 6.64. The molecule has 1 aromatic heterocycles. The molecule has 0 spiro atoms. The van der Waals surface area contributed by atoms with Gasteiger partial charge in [0.25, 0.3) is 5.56 Å². The third-order valence-corrected chi connectivity index (χ3v) is 2.96. The van der Waals surface area contributed by atoms with Gasteiger partial charge in [-0.15, -0.1) is 0 Å². The van der Waals surface area contributed by atoms with Gasteiger partial charge >= 0.3 is 0 Å². The van der Waals surface area contributed by atoms with Crippen molar-refractivity contribution in [2.45, 2.75) is 26.0 Å². The highest BCUT2D eigenvalue weighted by Gasteiger charge is 2.05. The molecular weight excluding hydrogens is 271 g/mol. The molecule has 2 rings (SSSR count). The lowest BCUT2D eigenvalue weighted by Crippen LogP contribution is -2.21. The number of pyridine rings is 1. The molecule has 0 unspecified atom stereocenters. The second kappa shape index (κ2) is 7.25. The van der Waals surface area contributed by atoms with Crippen LogP contribution >= 0.6 is 0 Å². The Kier molecular flexibility index (Phi) is 5.10. The Balaban J connectivity index is 2.05. The largest absolute Gasteiger partial charge is 0.483 e. The minimum Gasteiger partial charge on any atom is -0.483 e. The highest BCUT2D eigenvalue weighted by Crippen LogP contribution is 2.09. The lowest BCUT2D eigenvalue weighted by molar-refractivity contribution is 0.298. The van der Waals surface area contributed by atoms with Crippen LogP contribution in [0.4, 0.5) is 4.39 Å². The minimum absolute atomic E-state index is 0.134. The number of hydrogen-bond acceptors (Lipinski definition) is 3. The van der Waals surface area contributed by atoms with Gasteiger partial charge in [0.1, 0.15) is 12.4 Å². The summed E-state index contributed by atoms with van der Waals surface area (Å²) in [5.74, 6) is -0.114. The first-order valence-corrected chi connectivity index (χ1v) is 6.64. The second-order valence-electron chi connectivity index (χ2n) is 4.55. The summed E-state index contributed by atoms with van der Waals surface area (Å²) in [5.41, 5.74) is 0.418. The third-order valence-electron chi connectivity index (χ3n) is 2.96. The second-order valence-corrected chi connectivity index (χ2v) is 4.55. The Hall–Kier alpha value is -2.61. The topological polar surface area (TPSA) is 55.0 Å². The average molecular weight is 286 g/mol. The number of benzene rings is 1. The van der Waals surface area contributed by atoms with Crippen molar-refractivity contribution in [2.24, 2.45) is 0 Å². The summed E-state index contributed by atoms with van der Waals surface area (Å²) in [4.78, 5) is 12.1. The van der Waals surface area contributed by atoms with Crippen LogP contribution in [0.2, 0.25) is 0 Å². The summed E-state index contributed by atoms with van der Waals surface area (Å²) in [7, 11) is 0. The fourth-order valence-electron chi connectivity index (χ4n) is 1.92. The van der Waals surface area contributed by atoms with Gasteiger partial charge in [-0.1, -0.05) is 12.1 Å². The lowest BCUT2D eigenvalue weighted by atomic mass is 10.2. The number of aromatic nitrogens is 1. The molecule has 5 heteroatoms. The molecule has 4 nitrogen and oxygen atoms in total. The Labute approximate surface area is 122 Å². The lowest BCUT2D eigenvalue weighted by Gasteiger charge is -2.09. The summed E-state index contributed by atoms with van der Waals surface area (Å²) in [6.07, 6.45) is 2.68. The molecular formula is C16H15FN2O2. The number of aryl methyl sites for hydroxylation is 1. The molecule has 0 amide bonds. The Morgan fingerprint density at radius 3 is 2.90 bits per heavy atom. The monoisotopic (exact) mass is 286 g/mol. The molecule has 0 atom stereocenters. The molecule has 0 aliphatic rings. The van der Waals surface area contributed by atoms with Crippen LogP contribution in [0.3, 0.4) is 0 Å². The first-order chi connectivity index (χ1) is 10.2. The number of unbranched alkanes of at least 4 members (excludes halogenated alkanes) is 1. The summed E-state index contributed by atoms with van der Waals surface area (Å²) in [5, 5.41) is 8.51. The molecule has 0 N–H and O–H groups in total. The molecule has 21 heavy (non-hydrogen) atoms. The van der Waals surface area contributed by atoms with E-state index in [1.54, 1.807) is 30.5 Å². The van der Waals surface area contributed by atoms with Gasteiger partial charge in [0, 0.05) is 19.2 Å². The van der Waals surface area contributed by atoms with Crippen LogP contribution in [0.5, 0.6) is 5.75 Å². The molecule has 0 bridgehead atoms. The molecule has 0 fully saturated rings. The van der Waals surface area contributed by atoms with Gasteiger partial charge in [0.2, 0.25) is 0 Å². The van der Waals surface area contributed by atoms with E-state index in [0.29, 0.717) is 24.9 Å². The van der Waals surface area contributed by atoms with Crippen molar-refractivity contribution in [2.75, 3.05) is 0 Å². The first kappa shape index (κ1) is 14.8. The van der Waals surface area contributed by atoms with Crippen molar-refractivity contribution in [1.29, 1.82) is 5.26 Å². The predicted octanol–water partition coefficient (Wildman–Crippen LogP) is 2.87. The van der Waals surface area contributed by atoms with Gasteiger partial charge in [-0.2, -0.15) is 5.26 Å². The number of hydrogen-bond donors (Lipinski definition) is 0. The van der Waals surface area contributed by atoms with Gasteiger partial charge in [-0.05, 0) is 36.2 Å². The normalized spacial score (nSPS) is 10.1. The highest BCUT2D eigenvalue weighted by atomic mass is 19.1. The quantitative estimate of drug-likeness (QED) is 0.767. The fraction of sp³-hybridized carbons (Fsp3) is 0.250. The maximum atomic E-state index is 13.1. The zero-order valence-electron chi connectivity index (χ0n) is 11.5. The van der Waals surface area contributed by atoms with Gasteiger partial charge in [-0.25, -0.2) is 4.39 Å². The van der Waals surface area contributed by atoms with Crippen LogP contribution in [-0.4, -0.2) is 4.57 Å². The van der Waals surface area contributed by atoms with Crippen molar-refractivity contribution >= 4 is 0 Å². The zero-order chi connectivity index (χ0) is 15.1. The van der Waals surface area contributed by atoms with E-state index in [2.05, 4.69) is 0 Å². The van der Waals surface area contributed by atoms with E-state index >= 15 is 0 Å². The van der Waals surface area contributed by atoms with E-state index in [4.69, 9.17) is 10.00 Å². The fourth-order valence-corrected chi connectivity index (χ4v) is 1.92. The van der Waals surface area contributed by atoms with Crippen LogP contribution in [0.25, 0.3) is 0 Å². The number of rotatable bonds is 6. The minimum atomic E-state index is -0.335. The van der Waals surface area contributed by atoms with Crippen molar-refractivity contribution in [3.05, 3.63) is 64.3 Å². The molecule has 108 valence electrons. The van der Waals surface area contributed by atoms with Crippen LogP contribution in [0, 0.1) is 17.1 Å². The number of nitriles is 1. The van der Waals surface area contributed by atoms with E-state index in [0.717, 1.165) is 0 Å². The number of ether oxygens (including phenoxy) is 1. The summed E-state index contributed by atoms with van der Waals surface area (Å²) in [6, 6.07) is 11.4. The molecule has 0 aliphatic heterocycles. The van der Waals surface area contributed by atoms with Crippen LogP contribution in [0.15, 0.2) is 47.4 Å². The van der Waals surface area contributed by atoms with Gasteiger partial charge in [0.15, 0.2) is 5.75 Å². The molecule has 1 aromatic carbocycles. The average Bonchev–Trinajstić information content (AvgIpc) is 2.48. The maximum Gasteiger partial charge on any atom is 0.292 e. The summed E-state index contributed by atoms with van der Waals surface area (Å²) >= 11 is 0. The standard InChI is InChI=1S/C16H15FN2O2/c17-14-6-3-5-13(11-14)12-21-15-7-4-10-19(16(15)20)9-2-1-8-18/h3-7,10-11H,1-2,9,12H2. The predicted molar refractivity (Wildman–Crippen MR) is 76.3 cm³/mol. The molecule has 0 aliphatic carbocycles. The Morgan fingerprint density at radius 2 is 2.14 bits per heavy atom. The number of halogens is 1. The Morgan fingerprint density at radius 1 is 1.29 bits per heavy atom. The smallest absolute Gasteiger partial charge is 0.292 e. The van der Waals surface area contributed by atoms with Crippen molar-refractivity contribution < 1.29 is 9.13 Å². The van der Waals surface area contributed by atoms with Crippen LogP contribution < -0.4 is 10.3 Å². The third kappa shape index (κ3) is 4.18. The van der Waals surface area contributed by atoms with E-state index in [1.807, 2.05) is 6.07 Å². The van der Waals surface area contributed by atoms with Crippen LogP contribution in [-0.2, 0) is 13.2 Å². The van der Waals surface area contributed by atoms with E-state index < -0.39 is 0 Å². The molecule has 2 aromatic rings. The van der Waals surface area contributed by atoms with Gasteiger partial charge in [-0.3, -0.25) is 4.79 Å². The molecule has 0 radical (unpaired) electrons. The van der Waals surface area contributed by atoms with E-state index in [1.165, 1.54) is 16.7 Å². The van der Waals surface area contributed by atoms with E-state index in [-0.39, 0.29) is 23.7 Å². The summed E-state index contributed by atoms with van der Waals surface area (Å²) in [6.45, 7) is 0.610. The summed E-state index contributed by atoms with van der Waals surface area (Å²) < 4.78 is 20.0. The van der Waals surface area contributed by atoms with Crippen LogP contribution in [0.1, 0.15) is 18.4 Å². The molecule has 0 saturated heterocycles. The maximum absolute atomic E-state index is 13.1. The van der Waals surface area contributed by atoms with Crippen molar-refractivity contribution in [1.82, 2.24) is 4.57 Å². The highest BCUT2D eigenvalue weighted by molar-refractivity contribution is 5.20. The zero-order valence-corrected chi connectivity index (χ0v) is 11.5. The van der Waals surface area contributed by atoms with E-state index in [9.17, 15) is 9.18 Å². The molecule has 1 heterocycles. The number of nitrogens with zero attached hydrogens (tertiary/aromatic N) is 2. The SMILES string of the molecule is N#CCCCn1cccc(OCc2cccc(F)c2)c1=O. The molecule has 0 saturated carbocycles. The Bertz CT molecular complexity index is 704. The van der Waals surface area contributed by atoms with Crippen molar-refractivity contribution in [3.63, 3.8) is 0 Å². The van der Waals surface area contributed by atoms with Crippen molar-refractivity contribution in [3.8, 4) is 11.8 Å². The van der Waals surface area contributed by atoms with Gasteiger partial charge in [0.05, 0.1) is 6.07 Å².